The zero-order valence-electron chi connectivity index (χ0n) is 11.7. The molecular formula is C14H22FN3O. The molecular weight excluding hydrogens is 245 g/mol. The summed E-state index contributed by atoms with van der Waals surface area (Å²) in [6, 6.07) is 4.70. The molecule has 0 unspecified atom stereocenters. The van der Waals surface area contributed by atoms with Gasteiger partial charge in [0.05, 0.1) is 12.2 Å². The van der Waals surface area contributed by atoms with Gasteiger partial charge in [-0.25, -0.2) is 4.39 Å². The van der Waals surface area contributed by atoms with E-state index in [9.17, 15) is 9.18 Å². The standard InChI is InChI=1S/C14H22FN3O/c1-10(2)7-17-14(19)9-18(3)8-11-4-5-13(16)12(15)6-11/h4-6,10H,7-9,16H2,1-3H3,(H,17,19). The largest absolute Gasteiger partial charge is 0.396 e. The third-order valence-electron chi connectivity index (χ3n) is 2.64. The van der Waals surface area contributed by atoms with Crippen LogP contribution in [0.5, 0.6) is 0 Å². The van der Waals surface area contributed by atoms with Gasteiger partial charge in [0.25, 0.3) is 0 Å². The molecule has 0 saturated heterocycles. The minimum atomic E-state index is -0.421. The highest BCUT2D eigenvalue weighted by Crippen LogP contribution is 2.13. The van der Waals surface area contributed by atoms with Gasteiger partial charge in [0.2, 0.25) is 5.91 Å². The summed E-state index contributed by atoms with van der Waals surface area (Å²) in [5, 5.41) is 2.84. The van der Waals surface area contributed by atoms with Crippen LogP contribution in [-0.4, -0.2) is 30.9 Å². The van der Waals surface area contributed by atoms with Gasteiger partial charge in [-0.3, -0.25) is 9.69 Å². The number of hydrogen-bond donors (Lipinski definition) is 2. The maximum Gasteiger partial charge on any atom is 0.234 e. The lowest BCUT2D eigenvalue weighted by molar-refractivity contribution is -0.122. The van der Waals surface area contributed by atoms with Crippen LogP contribution in [-0.2, 0) is 11.3 Å². The second kappa shape index (κ2) is 7.09. The van der Waals surface area contributed by atoms with Crippen molar-refractivity contribution < 1.29 is 9.18 Å². The normalized spacial score (nSPS) is 11.1. The number of rotatable bonds is 6. The van der Waals surface area contributed by atoms with Crippen LogP contribution >= 0.6 is 0 Å². The van der Waals surface area contributed by atoms with Crippen molar-refractivity contribution in [3.8, 4) is 0 Å². The third-order valence-corrected chi connectivity index (χ3v) is 2.64. The number of halogens is 1. The molecule has 0 aliphatic rings. The molecule has 1 aromatic rings. The molecule has 0 fully saturated rings. The van der Waals surface area contributed by atoms with Crippen molar-refractivity contribution >= 4 is 11.6 Å². The van der Waals surface area contributed by atoms with Gasteiger partial charge in [0, 0.05) is 13.1 Å². The first kappa shape index (κ1) is 15.4. The Morgan fingerprint density at radius 2 is 2.16 bits per heavy atom. The lowest BCUT2D eigenvalue weighted by atomic mass is 10.2. The second-order valence-electron chi connectivity index (χ2n) is 5.23. The van der Waals surface area contributed by atoms with E-state index in [1.165, 1.54) is 12.1 Å². The smallest absolute Gasteiger partial charge is 0.234 e. The first-order valence-electron chi connectivity index (χ1n) is 6.37. The van der Waals surface area contributed by atoms with Crippen LogP contribution in [0.3, 0.4) is 0 Å². The Morgan fingerprint density at radius 1 is 1.47 bits per heavy atom. The van der Waals surface area contributed by atoms with Crippen molar-refractivity contribution in [2.75, 3.05) is 25.9 Å². The van der Waals surface area contributed by atoms with Gasteiger partial charge >= 0.3 is 0 Å². The molecule has 0 saturated carbocycles. The van der Waals surface area contributed by atoms with E-state index in [4.69, 9.17) is 5.73 Å². The van der Waals surface area contributed by atoms with E-state index in [2.05, 4.69) is 5.32 Å². The fourth-order valence-corrected chi connectivity index (χ4v) is 1.66. The zero-order chi connectivity index (χ0) is 14.4. The minimum absolute atomic E-state index is 0.0212. The van der Waals surface area contributed by atoms with Crippen LogP contribution in [0.15, 0.2) is 18.2 Å². The average molecular weight is 267 g/mol. The predicted octanol–water partition coefficient (Wildman–Crippen LogP) is 1.61. The summed E-state index contributed by atoms with van der Waals surface area (Å²) in [4.78, 5) is 13.5. The Balaban J connectivity index is 2.44. The summed E-state index contributed by atoms with van der Waals surface area (Å²) in [5.41, 5.74) is 6.35. The van der Waals surface area contributed by atoms with Crippen LogP contribution in [0.25, 0.3) is 0 Å². The monoisotopic (exact) mass is 267 g/mol. The highest BCUT2D eigenvalue weighted by atomic mass is 19.1. The molecule has 5 heteroatoms. The van der Waals surface area contributed by atoms with E-state index in [-0.39, 0.29) is 11.6 Å². The maximum absolute atomic E-state index is 13.3. The molecule has 3 N–H and O–H groups in total. The summed E-state index contributed by atoms with van der Waals surface area (Å²) < 4.78 is 13.3. The summed E-state index contributed by atoms with van der Waals surface area (Å²) in [5.74, 6) is -0.0114. The van der Waals surface area contributed by atoms with Gasteiger partial charge in [-0.1, -0.05) is 19.9 Å². The number of carbonyl (C=O) groups is 1. The Labute approximate surface area is 113 Å². The van der Waals surface area contributed by atoms with Gasteiger partial charge in [-0.05, 0) is 30.7 Å². The highest BCUT2D eigenvalue weighted by Gasteiger charge is 2.08. The molecule has 0 bridgehead atoms. The minimum Gasteiger partial charge on any atom is -0.396 e. The topological polar surface area (TPSA) is 58.4 Å². The Bertz CT molecular complexity index is 435. The number of nitrogens with two attached hydrogens (primary N) is 1. The van der Waals surface area contributed by atoms with Gasteiger partial charge in [0.15, 0.2) is 0 Å². The maximum atomic E-state index is 13.3. The SMILES string of the molecule is CC(C)CNC(=O)CN(C)Cc1ccc(N)c(F)c1. The Kier molecular flexibility index (Phi) is 5.76. The van der Waals surface area contributed by atoms with E-state index in [1.807, 2.05) is 25.8 Å². The Hall–Kier alpha value is -1.62. The van der Waals surface area contributed by atoms with Crippen molar-refractivity contribution in [3.63, 3.8) is 0 Å². The van der Waals surface area contributed by atoms with E-state index in [1.54, 1.807) is 6.07 Å². The molecule has 1 rings (SSSR count). The molecule has 0 aliphatic heterocycles. The highest BCUT2D eigenvalue weighted by molar-refractivity contribution is 5.77. The Morgan fingerprint density at radius 3 is 2.74 bits per heavy atom. The van der Waals surface area contributed by atoms with E-state index in [0.717, 1.165) is 5.56 Å². The lowest BCUT2D eigenvalue weighted by Gasteiger charge is -2.17. The van der Waals surface area contributed by atoms with E-state index < -0.39 is 5.82 Å². The molecule has 0 aromatic heterocycles. The fourth-order valence-electron chi connectivity index (χ4n) is 1.66. The second-order valence-corrected chi connectivity index (χ2v) is 5.23. The number of benzene rings is 1. The van der Waals surface area contributed by atoms with Gasteiger partial charge in [-0.15, -0.1) is 0 Å². The average Bonchev–Trinajstić information content (AvgIpc) is 2.31. The van der Waals surface area contributed by atoms with E-state index in [0.29, 0.717) is 25.6 Å². The molecule has 4 nitrogen and oxygen atoms in total. The van der Waals surface area contributed by atoms with Crippen LogP contribution in [0.2, 0.25) is 0 Å². The molecule has 0 radical (unpaired) electrons. The van der Waals surface area contributed by atoms with Crippen molar-refractivity contribution in [2.45, 2.75) is 20.4 Å². The predicted molar refractivity (Wildman–Crippen MR) is 75.0 cm³/mol. The number of carbonyl (C=O) groups excluding carboxylic acids is 1. The number of nitrogens with one attached hydrogen (secondary N) is 1. The molecule has 0 spiro atoms. The zero-order valence-corrected chi connectivity index (χ0v) is 11.7. The van der Waals surface area contributed by atoms with Crippen molar-refractivity contribution in [3.05, 3.63) is 29.6 Å². The van der Waals surface area contributed by atoms with Crippen LogP contribution < -0.4 is 11.1 Å². The van der Waals surface area contributed by atoms with Crippen LogP contribution in [0, 0.1) is 11.7 Å². The van der Waals surface area contributed by atoms with Crippen LogP contribution in [0.4, 0.5) is 10.1 Å². The number of amides is 1. The molecule has 0 aliphatic carbocycles. The number of likely N-dealkylation sites (N-methyl/N-ethyl adjacent to an activating group) is 1. The molecule has 0 atom stereocenters. The van der Waals surface area contributed by atoms with Gasteiger partial charge in [0.1, 0.15) is 5.82 Å². The summed E-state index contributed by atoms with van der Waals surface area (Å²) >= 11 is 0. The molecule has 0 heterocycles. The molecule has 106 valence electrons. The first-order chi connectivity index (χ1) is 8.88. The van der Waals surface area contributed by atoms with Gasteiger partial charge in [-0.2, -0.15) is 0 Å². The van der Waals surface area contributed by atoms with Crippen LogP contribution in [0.1, 0.15) is 19.4 Å². The van der Waals surface area contributed by atoms with E-state index >= 15 is 0 Å². The number of nitrogen functional groups attached to an aromatic ring is 1. The summed E-state index contributed by atoms with van der Waals surface area (Å²) in [6.07, 6.45) is 0. The number of hydrogen-bond acceptors (Lipinski definition) is 3. The van der Waals surface area contributed by atoms with Crippen molar-refractivity contribution in [1.82, 2.24) is 10.2 Å². The molecule has 19 heavy (non-hydrogen) atoms. The number of anilines is 1. The first-order valence-corrected chi connectivity index (χ1v) is 6.37. The molecule has 1 amide bonds. The fraction of sp³-hybridized carbons (Fsp3) is 0.500. The van der Waals surface area contributed by atoms with Gasteiger partial charge < -0.3 is 11.1 Å². The lowest BCUT2D eigenvalue weighted by Crippen LogP contribution is -2.36. The summed E-state index contributed by atoms with van der Waals surface area (Å²) in [7, 11) is 1.82. The third kappa shape index (κ3) is 5.70. The van der Waals surface area contributed by atoms with Crippen molar-refractivity contribution in [2.24, 2.45) is 5.92 Å². The molecule has 1 aromatic carbocycles. The summed E-state index contributed by atoms with van der Waals surface area (Å²) in [6.45, 7) is 5.55. The van der Waals surface area contributed by atoms with Crippen molar-refractivity contribution in [1.29, 1.82) is 0 Å². The quantitative estimate of drug-likeness (QED) is 0.770. The number of nitrogens with zero attached hydrogens (tertiary/aromatic N) is 1.